The lowest BCUT2D eigenvalue weighted by Crippen LogP contribution is -2.19. The van der Waals surface area contributed by atoms with Gasteiger partial charge in [0.15, 0.2) is 0 Å². The van der Waals surface area contributed by atoms with E-state index in [0.717, 1.165) is 29.9 Å². The predicted octanol–water partition coefficient (Wildman–Crippen LogP) is 2.41. The molecule has 0 spiro atoms. The summed E-state index contributed by atoms with van der Waals surface area (Å²) in [5, 5.41) is 0. The standard InChI is InChI=1S/C17H20N2O3/c1-4-6-15-18-11(2)14(16(20)19-15)10-12-7-5-8-13(9-12)17(21)22-3/h5,7-9H,4,6,10H2,1-3H3,(H,18,19,20). The first-order chi connectivity index (χ1) is 10.5. The summed E-state index contributed by atoms with van der Waals surface area (Å²) < 4.78 is 4.71. The highest BCUT2D eigenvalue weighted by Gasteiger charge is 2.11. The van der Waals surface area contributed by atoms with E-state index in [0.29, 0.717) is 17.5 Å². The van der Waals surface area contributed by atoms with Gasteiger partial charge in [0.25, 0.3) is 5.56 Å². The highest BCUT2D eigenvalue weighted by Crippen LogP contribution is 2.12. The third-order valence-electron chi connectivity index (χ3n) is 3.49. The van der Waals surface area contributed by atoms with Crippen LogP contribution in [-0.4, -0.2) is 23.0 Å². The summed E-state index contributed by atoms with van der Waals surface area (Å²) >= 11 is 0. The lowest BCUT2D eigenvalue weighted by atomic mass is 10.0. The fraction of sp³-hybridized carbons (Fsp3) is 0.353. The zero-order valence-corrected chi connectivity index (χ0v) is 13.1. The van der Waals surface area contributed by atoms with Crippen LogP contribution in [0.3, 0.4) is 0 Å². The molecule has 0 bridgehead atoms. The molecule has 2 aromatic rings. The maximum Gasteiger partial charge on any atom is 0.337 e. The van der Waals surface area contributed by atoms with Crippen molar-refractivity contribution in [2.75, 3.05) is 7.11 Å². The Morgan fingerprint density at radius 3 is 2.77 bits per heavy atom. The number of H-pyrrole nitrogens is 1. The molecule has 1 N–H and O–H groups in total. The minimum atomic E-state index is -0.385. The summed E-state index contributed by atoms with van der Waals surface area (Å²) in [6.07, 6.45) is 2.13. The summed E-state index contributed by atoms with van der Waals surface area (Å²) in [5.74, 6) is 0.334. The lowest BCUT2D eigenvalue weighted by Gasteiger charge is -2.08. The summed E-state index contributed by atoms with van der Waals surface area (Å²) in [5.41, 5.74) is 2.60. The average Bonchev–Trinajstić information content (AvgIpc) is 2.51. The number of methoxy groups -OCH3 is 1. The van der Waals surface area contributed by atoms with Crippen LogP contribution in [0, 0.1) is 6.92 Å². The number of ether oxygens (including phenoxy) is 1. The number of carbonyl (C=O) groups is 1. The Bertz CT molecular complexity index is 735. The van der Waals surface area contributed by atoms with Gasteiger partial charge in [0.1, 0.15) is 5.82 Å². The van der Waals surface area contributed by atoms with Crippen LogP contribution in [0.4, 0.5) is 0 Å². The number of hydrogen-bond acceptors (Lipinski definition) is 4. The van der Waals surface area contributed by atoms with Gasteiger partial charge in [0.05, 0.1) is 12.7 Å². The van der Waals surface area contributed by atoms with Crippen LogP contribution in [0.25, 0.3) is 0 Å². The van der Waals surface area contributed by atoms with Crippen LogP contribution in [0.1, 0.15) is 46.3 Å². The van der Waals surface area contributed by atoms with Crippen molar-refractivity contribution in [2.45, 2.75) is 33.1 Å². The molecule has 116 valence electrons. The molecule has 0 aliphatic carbocycles. The van der Waals surface area contributed by atoms with Gasteiger partial charge >= 0.3 is 5.97 Å². The summed E-state index contributed by atoms with van der Waals surface area (Å²) in [6, 6.07) is 7.09. The number of rotatable bonds is 5. The SMILES string of the molecule is CCCc1nc(C)c(Cc2cccc(C(=O)OC)c2)c(=O)[nH]1. The fourth-order valence-corrected chi connectivity index (χ4v) is 2.36. The van der Waals surface area contributed by atoms with Gasteiger partial charge in [-0.15, -0.1) is 0 Å². The predicted molar refractivity (Wildman–Crippen MR) is 84.2 cm³/mol. The number of aromatic nitrogens is 2. The molecule has 0 fully saturated rings. The zero-order chi connectivity index (χ0) is 16.1. The van der Waals surface area contributed by atoms with Crippen molar-refractivity contribution in [2.24, 2.45) is 0 Å². The van der Waals surface area contributed by atoms with E-state index in [4.69, 9.17) is 4.74 Å². The molecule has 22 heavy (non-hydrogen) atoms. The molecule has 0 saturated heterocycles. The van der Waals surface area contributed by atoms with Gasteiger partial charge in [0, 0.05) is 24.1 Å². The van der Waals surface area contributed by atoms with Crippen molar-refractivity contribution in [1.29, 1.82) is 0 Å². The van der Waals surface area contributed by atoms with Crippen molar-refractivity contribution in [3.8, 4) is 0 Å². The Hall–Kier alpha value is -2.43. The van der Waals surface area contributed by atoms with Crippen molar-refractivity contribution in [3.05, 3.63) is 62.8 Å². The average molecular weight is 300 g/mol. The van der Waals surface area contributed by atoms with Gasteiger partial charge in [-0.1, -0.05) is 19.1 Å². The molecule has 5 nitrogen and oxygen atoms in total. The van der Waals surface area contributed by atoms with E-state index >= 15 is 0 Å². The van der Waals surface area contributed by atoms with Crippen LogP contribution < -0.4 is 5.56 Å². The van der Waals surface area contributed by atoms with E-state index in [2.05, 4.69) is 9.97 Å². The Morgan fingerprint density at radius 2 is 2.14 bits per heavy atom. The normalized spacial score (nSPS) is 10.5. The number of nitrogens with one attached hydrogen (secondary N) is 1. The van der Waals surface area contributed by atoms with Gasteiger partial charge in [-0.2, -0.15) is 0 Å². The minimum absolute atomic E-state index is 0.112. The molecule has 0 saturated carbocycles. The molecule has 1 aromatic heterocycles. The molecule has 1 heterocycles. The summed E-state index contributed by atoms with van der Waals surface area (Å²) in [7, 11) is 1.35. The van der Waals surface area contributed by atoms with Crippen LogP contribution in [-0.2, 0) is 17.6 Å². The first-order valence-corrected chi connectivity index (χ1v) is 7.31. The second-order valence-electron chi connectivity index (χ2n) is 5.20. The number of esters is 1. The first kappa shape index (κ1) is 15.9. The molecule has 0 unspecified atom stereocenters. The van der Waals surface area contributed by atoms with Gasteiger partial charge in [0.2, 0.25) is 0 Å². The maximum atomic E-state index is 12.2. The molecule has 2 rings (SSSR count). The highest BCUT2D eigenvalue weighted by atomic mass is 16.5. The molecule has 5 heteroatoms. The van der Waals surface area contributed by atoms with E-state index < -0.39 is 0 Å². The monoisotopic (exact) mass is 300 g/mol. The third-order valence-corrected chi connectivity index (χ3v) is 3.49. The largest absolute Gasteiger partial charge is 0.465 e. The van der Waals surface area contributed by atoms with E-state index in [1.165, 1.54) is 7.11 Å². The van der Waals surface area contributed by atoms with Crippen molar-refractivity contribution < 1.29 is 9.53 Å². The molecule has 0 aliphatic rings. The van der Waals surface area contributed by atoms with E-state index in [1.807, 2.05) is 19.9 Å². The number of hydrogen-bond donors (Lipinski definition) is 1. The van der Waals surface area contributed by atoms with E-state index in [9.17, 15) is 9.59 Å². The van der Waals surface area contributed by atoms with Gasteiger partial charge in [-0.25, -0.2) is 9.78 Å². The Kier molecular flexibility index (Phi) is 5.09. The van der Waals surface area contributed by atoms with Crippen LogP contribution in [0.2, 0.25) is 0 Å². The highest BCUT2D eigenvalue weighted by molar-refractivity contribution is 5.89. The van der Waals surface area contributed by atoms with Crippen LogP contribution in [0.5, 0.6) is 0 Å². The molecule has 1 aromatic carbocycles. The molecular weight excluding hydrogens is 280 g/mol. The summed E-state index contributed by atoms with van der Waals surface area (Å²) in [6.45, 7) is 3.88. The fourth-order valence-electron chi connectivity index (χ4n) is 2.36. The third kappa shape index (κ3) is 3.61. The first-order valence-electron chi connectivity index (χ1n) is 7.31. The van der Waals surface area contributed by atoms with Gasteiger partial charge in [-0.3, -0.25) is 4.79 Å². The second-order valence-corrected chi connectivity index (χ2v) is 5.20. The smallest absolute Gasteiger partial charge is 0.337 e. The lowest BCUT2D eigenvalue weighted by molar-refractivity contribution is 0.0600. The Morgan fingerprint density at radius 1 is 1.36 bits per heavy atom. The van der Waals surface area contributed by atoms with Crippen molar-refractivity contribution in [3.63, 3.8) is 0 Å². The number of aromatic amines is 1. The van der Waals surface area contributed by atoms with Crippen LogP contribution >= 0.6 is 0 Å². The number of aryl methyl sites for hydroxylation is 2. The van der Waals surface area contributed by atoms with E-state index in [1.54, 1.807) is 18.2 Å². The minimum Gasteiger partial charge on any atom is -0.465 e. The van der Waals surface area contributed by atoms with Crippen molar-refractivity contribution in [1.82, 2.24) is 9.97 Å². The Labute approximate surface area is 129 Å². The topological polar surface area (TPSA) is 72.0 Å². The van der Waals surface area contributed by atoms with E-state index in [-0.39, 0.29) is 11.5 Å². The van der Waals surface area contributed by atoms with Crippen LogP contribution in [0.15, 0.2) is 29.1 Å². The number of benzene rings is 1. The zero-order valence-electron chi connectivity index (χ0n) is 13.1. The molecule has 0 aliphatic heterocycles. The van der Waals surface area contributed by atoms with Gasteiger partial charge < -0.3 is 9.72 Å². The maximum absolute atomic E-state index is 12.2. The molecule has 0 radical (unpaired) electrons. The van der Waals surface area contributed by atoms with Gasteiger partial charge in [-0.05, 0) is 31.0 Å². The Balaban J connectivity index is 2.31. The number of carbonyl (C=O) groups excluding carboxylic acids is 1. The molecular formula is C17H20N2O3. The quantitative estimate of drug-likeness (QED) is 0.861. The second kappa shape index (κ2) is 7.02. The molecule has 0 atom stereocenters. The molecule has 0 amide bonds. The van der Waals surface area contributed by atoms with Crippen molar-refractivity contribution >= 4 is 5.97 Å². The number of nitrogens with zero attached hydrogens (tertiary/aromatic N) is 1. The summed E-state index contributed by atoms with van der Waals surface area (Å²) in [4.78, 5) is 31.1.